The van der Waals surface area contributed by atoms with Gasteiger partial charge in [-0.1, -0.05) is 22.9 Å². The molecule has 1 fully saturated rings. The van der Waals surface area contributed by atoms with Gasteiger partial charge in [-0.05, 0) is 36.4 Å². The number of amides is 1. The molecule has 0 N–H and O–H groups in total. The molecule has 8 heteroatoms. The van der Waals surface area contributed by atoms with Crippen LogP contribution in [0.5, 0.6) is 5.75 Å². The summed E-state index contributed by atoms with van der Waals surface area (Å²) >= 11 is 7.45. The molecule has 1 aliphatic rings. The Morgan fingerprint density at radius 3 is 2.67 bits per heavy atom. The van der Waals surface area contributed by atoms with Crippen molar-refractivity contribution in [1.29, 1.82) is 0 Å². The standard InChI is InChI=1S/C19H19ClN4O2S/c20-14-3-5-15(6-4-14)26-13-7-17(25)23-9-11-24(12-10-23)19-22-16-2-1-8-21-18(16)27-19/h1-6,8H,7,9-13H2. The summed E-state index contributed by atoms with van der Waals surface area (Å²) in [6.07, 6.45) is 2.15. The molecule has 0 saturated carbocycles. The van der Waals surface area contributed by atoms with Crippen molar-refractivity contribution in [1.82, 2.24) is 14.9 Å². The van der Waals surface area contributed by atoms with E-state index in [1.807, 2.05) is 17.0 Å². The normalized spacial score (nSPS) is 14.6. The molecule has 1 amide bonds. The Morgan fingerprint density at radius 1 is 1.15 bits per heavy atom. The SMILES string of the molecule is O=C(CCOc1ccc(Cl)cc1)N1CCN(c2nc3cccnc3s2)CC1. The van der Waals surface area contributed by atoms with Gasteiger partial charge < -0.3 is 14.5 Å². The molecule has 0 bridgehead atoms. The van der Waals surface area contributed by atoms with E-state index in [1.165, 1.54) is 0 Å². The smallest absolute Gasteiger partial charge is 0.226 e. The lowest BCUT2D eigenvalue weighted by Crippen LogP contribution is -2.49. The third kappa shape index (κ3) is 4.31. The maximum atomic E-state index is 12.4. The van der Waals surface area contributed by atoms with Crippen LogP contribution in [-0.2, 0) is 4.79 Å². The van der Waals surface area contributed by atoms with Crippen LogP contribution in [0.1, 0.15) is 6.42 Å². The van der Waals surface area contributed by atoms with Gasteiger partial charge in [0.05, 0.1) is 13.0 Å². The number of rotatable bonds is 5. The van der Waals surface area contributed by atoms with Crippen molar-refractivity contribution in [3.05, 3.63) is 47.6 Å². The molecule has 2 aromatic heterocycles. The van der Waals surface area contributed by atoms with Crippen molar-refractivity contribution in [3.63, 3.8) is 0 Å². The van der Waals surface area contributed by atoms with E-state index in [9.17, 15) is 4.79 Å². The summed E-state index contributed by atoms with van der Waals surface area (Å²) in [5.74, 6) is 0.844. The van der Waals surface area contributed by atoms with Crippen molar-refractivity contribution < 1.29 is 9.53 Å². The molecule has 0 spiro atoms. The zero-order valence-electron chi connectivity index (χ0n) is 14.7. The number of hydrogen-bond acceptors (Lipinski definition) is 6. The molecular weight excluding hydrogens is 384 g/mol. The number of hydrogen-bond donors (Lipinski definition) is 0. The quantitative estimate of drug-likeness (QED) is 0.654. The molecule has 3 heterocycles. The first-order valence-corrected chi connectivity index (χ1v) is 10.0. The molecule has 0 atom stereocenters. The van der Waals surface area contributed by atoms with Crippen molar-refractivity contribution >= 4 is 44.3 Å². The van der Waals surface area contributed by atoms with E-state index in [0.717, 1.165) is 34.3 Å². The van der Waals surface area contributed by atoms with Crippen LogP contribution in [0.15, 0.2) is 42.6 Å². The van der Waals surface area contributed by atoms with Crippen LogP contribution >= 0.6 is 22.9 Å². The van der Waals surface area contributed by atoms with Gasteiger partial charge in [-0.2, -0.15) is 0 Å². The number of pyridine rings is 1. The van der Waals surface area contributed by atoms with Crippen molar-refractivity contribution in [2.75, 3.05) is 37.7 Å². The lowest BCUT2D eigenvalue weighted by Gasteiger charge is -2.34. The predicted molar refractivity (Wildman–Crippen MR) is 108 cm³/mol. The number of carbonyl (C=O) groups is 1. The topological polar surface area (TPSA) is 58.6 Å². The Bertz CT molecular complexity index is 890. The van der Waals surface area contributed by atoms with E-state index < -0.39 is 0 Å². The van der Waals surface area contributed by atoms with Crippen LogP contribution < -0.4 is 9.64 Å². The molecule has 1 aromatic carbocycles. The van der Waals surface area contributed by atoms with Crippen LogP contribution in [0.25, 0.3) is 10.3 Å². The first-order valence-electron chi connectivity index (χ1n) is 8.82. The fourth-order valence-corrected chi connectivity index (χ4v) is 4.07. The van der Waals surface area contributed by atoms with E-state index in [2.05, 4.69) is 14.9 Å². The van der Waals surface area contributed by atoms with E-state index in [4.69, 9.17) is 16.3 Å². The first-order chi connectivity index (χ1) is 13.2. The molecule has 1 aliphatic heterocycles. The van der Waals surface area contributed by atoms with Crippen molar-refractivity contribution in [2.24, 2.45) is 0 Å². The molecule has 1 saturated heterocycles. The summed E-state index contributed by atoms with van der Waals surface area (Å²) in [6, 6.07) is 11.0. The number of nitrogens with zero attached hydrogens (tertiary/aromatic N) is 4. The summed E-state index contributed by atoms with van der Waals surface area (Å²) in [7, 11) is 0. The Morgan fingerprint density at radius 2 is 1.93 bits per heavy atom. The molecule has 6 nitrogen and oxygen atoms in total. The van der Waals surface area contributed by atoms with Crippen molar-refractivity contribution in [2.45, 2.75) is 6.42 Å². The van der Waals surface area contributed by atoms with Crippen LogP contribution in [-0.4, -0.2) is 53.6 Å². The number of ether oxygens (including phenoxy) is 1. The van der Waals surface area contributed by atoms with Gasteiger partial charge in [0.2, 0.25) is 5.91 Å². The number of piperazine rings is 1. The van der Waals surface area contributed by atoms with Crippen LogP contribution in [0.4, 0.5) is 5.13 Å². The molecular formula is C19H19ClN4O2S. The molecule has 0 radical (unpaired) electrons. The largest absolute Gasteiger partial charge is 0.493 e. The van der Waals surface area contributed by atoms with Gasteiger partial charge in [0.15, 0.2) is 5.13 Å². The number of anilines is 1. The van der Waals surface area contributed by atoms with Gasteiger partial charge in [0, 0.05) is 37.4 Å². The number of aromatic nitrogens is 2. The lowest BCUT2D eigenvalue weighted by molar-refractivity contribution is -0.132. The minimum atomic E-state index is 0.120. The van der Waals surface area contributed by atoms with E-state index >= 15 is 0 Å². The number of halogens is 1. The number of fused-ring (bicyclic) bond motifs is 1. The van der Waals surface area contributed by atoms with E-state index in [1.54, 1.807) is 41.8 Å². The molecule has 4 rings (SSSR count). The fourth-order valence-electron chi connectivity index (χ4n) is 2.99. The molecule has 0 unspecified atom stereocenters. The van der Waals surface area contributed by atoms with Gasteiger partial charge in [-0.15, -0.1) is 0 Å². The zero-order chi connectivity index (χ0) is 18.6. The average Bonchev–Trinajstić information content (AvgIpc) is 3.14. The Kier molecular flexibility index (Phi) is 5.40. The molecule has 0 aliphatic carbocycles. The van der Waals surface area contributed by atoms with Crippen molar-refractivity contribution in [3.8, 4) is 5.75 Å². The summed E-state index contributed by atoms with van der Waals surface area (Å²) in [5.41, 5.74) is 0.926. The molecule has 3 aromatic rings. The minimum Gasteiger partial charge on any atom is -0.493 e. The second-order valence-electron chi connectivity index (χ2n) is 6.24. The summed E-state index contributed by atoms with van der Waals surface area (Å²) in [6.45, 7) is 3.32. The Hall–Kier alpha value is -2.38. The summed E-state index contributed by atoms with van der Waals surface area (Å²) < 4.78 is 5.61. The predicted octanol–water partition coefficient (Wildman–Crippen LogP) is 3.46. The maximum absolute atomic E-state index is 12.4. The third-order valence-corrected chi connectivity index (χ3v) is 5.75. The molecule has 27 heavy (non-hydrogen) atoms. The second kappa shape index (κ2) is 8.10. The van der Waals surface area contributed by atoms with Gasteiger partial charge in [-0.3, -0.25) is 4.79 Å². The second-order valence-corrected chi connectivity index (χ2v) is 7.64. The maximum Gasteiger partial charge on any atom is 0.226 e. The number of carbonyl (C=O) groups excluding carboxylic acids is 1. The Balaban J connectivity index is 1.25. The average molecular weight is 403 g/mol. The van der Waals surface area contributed by atoms with Gasteiger partial charge in [0.1, 0.15) is 16.1 Å². The highest BCUT2D eigenvalue weighted by Crippen LogP contribution is 2.27. The summed E-state index contributed by atoms with van der Waals surface area (Å²) in [5, 5.41) is 1.64. The molecule has 140 valence electrons. The monoisotopic (exact) mass is 402 g/mol. The van der Waals surface area contributed by atoms with Crippen LogP contribution in [0.2, 0.25) is 5.02 Å². The minimum absolute atomic E-state index is 0.120. The fraction of sp³-hybridized carbons (Fsp3) is 0.316. The lowest BCUT2D eigenvalue weighted by atomic mass is 10.3. The third-order valence-electron chi connectivity index (χ3n) is 4.46. The Labute approximate surface area is 166 Å². The highest BCUT2D eigenvalue weighted by atomic mass is 35.5. The van der Waals surface area contributed by atoms with E-state index in [-0.39, 0.29) is 5.91 Å². The van der Waals surface area contributed by atoms with Gasteiger partial charge in [0.25, 0.3) is 0 Å². The highest BCUT2D eigenvalue weighted by Gasteiger charge is 2.23. The van der Waals surface area contributed by atoms with Crippen LogP contribution in [0.3, 0.4) is 0 Å². The number of benzene rings is 1. The van der Waals surface area contributed by atoms with Gasteiger partial charge in [-0.25, -0.2) is 9.97 Å². The van der Waals surface area contributed by atoms with Crippen LogP contribution in [0, 0.1) is 0 Å². The zero-order valence-corrected chi connectivity index (χ0v) is 16.2. The van der Waals surface area contributed by atoms with Gasteiger partial charge >= 0.3 is 0 Å². The number of thiazole rings is 1. The highest BCUT2D eigenvalue weighted by molar-refractivity contribution is 7.21. The summed E-state index contributed by atoms with van der Waals surface area (Å²) in [4.78, 5) is 26.5. The van der Waals surface area contributed by atoms with E-state index in [0.29, 0.717) is 31.1 Å². The first kappa shape index (κ1) is 18.0.